The van der Waals surface area contributed by atoms with Gasteiger partial charge in [0, 0.05) is 17.7 Å². The van der Waals surface area contributed by atoms with Crippen molar-refractivity contribution in [3.8, 4) is 11.1 Å². The van der Waals surface area contributed by atoms with Gasteiger partial charge in [0.05, 0.1) is 11.4 Å². The zero-order valence-electron chi connectivity index (χ0n) is 13.4. The Bertz CT molecular complexity index is 881. The zero-order valence-corrected chi connectivity index (χ0v) is 14.3. The number of aromatic nitrogens is 1. The average molecular weight is 393 g/mol. The first-order valence-electron chi connectivity index (χ1n) is 7.19. The first-order chi connectivity index (χ1) is 11.8. The van der Waals surface area contributed by atoms with Crippen molar-refractivity contribution in [2.75, 3.05) is 0 Å². The van der Waals surface area contributed by atoms with E-state index in [0.29, 0.717) is 0 Å². The summed E-state index contributed by atoms with van der Waals surface area (Å²) in [5, 5.41) is 8.61. The molecule has 0 amide bonds. The Morgan fingerprint density at radius 2 is 1.31 bits per heavy atom. The van der Waals surface area contributed by atoms with E-state index in [-0.39, 0.29) is 0 Å². The van der Waals surface area contributed by atoms with Crippen LogP contribution in [0.15, 0.2) is 77.2 Å². The third-order valence-corrected chi connectivity index (χ3v) is 3.00. The summed E-state index contributed by atoms with van der Waals surface area (Å²) in [5.41, 5.74) is 4.06. The third-order valence-electron chi connectivity index (χ3n) is 3.00. The molecule has 2 aliphatic carbocycles. The molecule has 26 heavy (non-hydrogen) atoms. The Kier molecular flexibility index (Phi) is 4.81. The van der Waals surface area contributed by atoms with Crippen LogP contribution in [0.3, 0.4) is 0 Å². The van der Waals surface area contributed by atoms with E-state index in [0.717, 1.165) is 16.9 Å². The fourth-order valence-electron chi connectivity index (χ4n) is 1.96. The number of nitrogens with zero attached hydrogens (tertiary/aromatic N) is 3. The molecule has 1 heterocycles. The molecular weight excluding hydrogens is 379 g/mol. The summed E-state index contributed by atoms with van der Waals surface area (Å²) in [5.74, 6) is 0. The molecule has 0 radical (unpaired) electrons. The molecule has 140 valence electrons. The summed E-state index contributed by atoms with van der Waals surface area (Å²) in [6, 6.07) is 18.1. The molecule has 3 nitrogen and oxygen atoms in total. The maximum absolute atomic E-state index is 10.7. The van der Waals surface area contributed by atoms with Crippen LogP contribution in [0.25, 0.3) is 11.1 Å². The minimum absolute atomic E-state index is 0.854. The van der Waals surface area contributed by atoms with E-state index < -0.39 is 7.81 Å². The van der Waals surface area contributed by atoms with Crippen LogP contribution in [0.1, 0.15) is 0 Å². The van der Waals surface area contributed by atoms with Gasteiger partial charge in [0.25, 0.3) is 0 Å². The monoisotopic (exact) mass is 393 g/mol. The van der Waals surface area contributed by atoms with Crippen molar-refractivity contribution in [3.63, 3.8) is 0 Å². The Morgan fingerprint density at radius 1 is 0.731 bits per heavy atom. The predicted molar refractivity (Wildman–Crippen MR) is 88.4 cm³/mol. The number of hydrogen-bond acceptors (Lipinski definition) is 2. The van der Waals surface area contributed by atoms with Gasteiger partial charge in [-0.15, -0.1) is 5.11 Å². The molecular formula is C16H14F6N3P. The van der Waals surface area contributed by atoms with Crippen molar-refractivity contribution in [3.05, 3.63) is 67.0 Å². The van der Waals surface area contributed by atoms with E-state index in [2.05, 4.69) is 28.4 Å². The number of halogens is 6. The van der Waals surface area contributed by atoms with Gasteiger partial charge in [-0.2, -0.15) is 5.11 Å². The van der Waals surface area contributed by atoms with Crippen molar-refractivity contribution in [1.29, 1.82) is 0 Å². The minimum atomic E-state index is -10.7. The standard InChI is InChI=1S/C16H14N3.F6P/c1-19-11-9-14(10-12-19)17-18-16-8-7-13-5-3-2-4-6-15(13)16;1-7(2,3,4,5)6/h2-12H,1H3;/q+1;-1. The van der Waals surface area contributed by atoms with Gasteiger partial charge in [0.2, 0.25) is 0 Å². The van der Waals surface area contributed by atoms with Crippen molar-refractivity contribution in [2.24, 2.45) is 17.3 Å². The predicted octanol–water partition coefficient (Wildman–Crippen LogP) is 7.41. The van der Waals surface area contributed by atoms with Crippen molar-refractivity contribution in [2.45, 2.75) is 0 Å². The fourth-order valence-corrected chi connectivity index (χ4v) is 1.96. The molecule has 2 aliphatic rings. The second-order valence-electron chi connectivity index (χ2n) is 5.38. The van der Waals surface area contributed by atoms with E-state index in [4.69, 9.17) is 0 Å². The zero-order chi connectivity index (χ0) is 19.5. The van der Waals surface area contributed by atoms with Crippen LogP contribution >= 0.6 is 7.81 Å². The number of aryl methyl sites for hydroxylation is 1. The molecule has 0 bridgehead atoms. The fraction of sp³-hybridized carbons (Fsp3) is 0.0625. The van der Waals surface area contributed by atoms with E-state index in [1.807, 2.05) is 60.4 Å². The molecule has 0 unspecified atom stereocenters. The van der Waals surface area contributed by atoms with Crippen molar-refractivity contribution >= 4 is 19.2 Å². The second-order valence-corrected chi connectivity index (χ2v) is 7.30. The van der Waals surface area contributed by atoms with Gasteiger partial charge in [-0.05, 0) is 11.6 Å². The van der Waals surface area contributed by atoms with Gasteiger partial charge in [-0.25, -0.2) is 4.57 Å². The Hall–Kier alpha value is -2.54. The molecule has 0 aliphatic heterocycles. The first-order valence-corrected chi connectivity index (χ1v) is 9.22. The molecule has 10 heteroatoms. The van der Waals surface area contributed by atoms with E-state index in [1.54, 1.807) is 0 Å². The van der Waals surface area contributed by atoms with Gasteiger partial charge in [-0.3, -0.25) is 0 Å². The van der Waals surface area contributed by atoms with Gasteiger partial charge in [0.1, 0.15) is 7.05 Å². The maximum atomic E-state index is 9.87. The molecule has 1 aromatic rings. The summed E-state index contributed by atoms with van der Waals surface area (Å²) >= 11 is 0. The summed E-state index contributed by atoms with van der Waals surface area (Å²) in [4.78, 5) is 0. The molecule has 3 rings (SSSR count). The van der Waals surface area contributed by atoms with Crippen LogP contribution in [0.4, 0.5) is 36.6 Å². The Morgan fingerprint density at radius 3 is 1.92 bits per heavy atom. The van der Waals surface area contributed by atoms with Crippen molar-refractivity contribution in [1.82, 2.24) is 0 Å². The number of fused-ring (bicyclic) bond motifs is 1. The molecule has 0 spiro atoms. The number of rotatable bonds is 2. The molecule has 0 N–H and O–H groups in total. The Balaban J connectivity index is 0.000000298. The molecule has 1 aromatic heterocycles. The van der Waals surface area contributed by atoms with Crippen molar-refractivity contribution < 1.29 is 29.7 Å². The van der Waals surface area contributed by atoms with Gasteiger partial charge >= 0.3 is 33.0 Å². The summed E-state index contributed by atoms with van der Waals surface area (Å²) in [7, 11) is -8.68. The molecule has 0 saturated carbocycles. The van der Waals surface area contributed by atoms with Crippen LogP contribution in [0.5, 0.6) is 0 Å². The van der Waals surface area contributed by atoms with E-state index in [9.17, 15) is 25.2 Å². The van der Waals surface area contributed by atoms with Crippen LogP contribution in [0.2, 0.25) is 0 Å². The van der Waals surface area contributed by atoms with Gasteiger partial charge < -0.3 is 0 Å². The van der Waals surface area contributed by atoms with Gasteiger partial charge in [-0.1, -0.05) is 36.4 Å². The molecule has 0 aromatic carbocycles. The topological polar surface area (TPSA) is 28.6 Å². The average Bonchev–Trinajstić information content (AvgIpc) is 2.71. The van der Waals surface area contributed by atoms with Gasteiger partial charge in [0.15, 0.2) is 12.4 Å². The Labute approximate surface area is 145 Å². The number of pyridine rings is 1. The first kappa shape index (κ1) is 19.8. The summed E-state index contributed by atoms with van der Waals surface area (Å²) < 4.78 is 61.2. The quantitative estimate of drug-likeness (QED) is 0.188. The summed E-state index contributed by atoms with van der Waals surface area (Å²) in [6.45, 7) is 0. The van der Waals surface area contributed by atoms with Crippen LogP contribution in [0, 0.1) is 0 Å². The molecule has 0 saturated heterocycles. The molecule has 0 fully saturated rings. The SMILES string of the molecule is C[n+]1ccc(N=Nc2ccc3cccccc2-3)cc1.F[P-](F)(F)(F)(F)F. The second kappa shape index (κ2) is 6.32. The van der Waals surface area contributed by atoms with Crippen LogP contribution in [-0.4, -0.2) is 0 Å². The third kappa shape index (κ3) is 8.02. The molecule has 0 atom stereocenters. The van der Waals surface area contributed by atoms with E-state index >= 15 is 0 Å². The normalized spacial score (nSPS) is 14.4. The number of hydrogen-bond donors (Lipinski definition) is 0. The van der Waals surface area contributed by atoms with Crippen LogP contribution < -0.4 is 4.57 Å². The van der Waals surface area contributed by atoms with E-state index in [1.165, 1.54) is 5.56 Å². The summed E-state index contributed by atoms with van der Waals surface area (Å²) in [6.07, 6.45) is 3.91. The van der Waals surface area contributed by atoms with Crippen LogP contribution in [-0.2, 0) is 7.05 Å². The number of azo groups is 1.